The summed E-state index contributed by atoms with van der Waals surface area (Å²) < 4.78 is 26.1. The van der Waals surface area contributed by atoms with E-state index in [1.807, 2.05) is 0 Å². The molecule has 8 heteroatoms. The standard InChI is InChI=1S/C11H21N5O2S/c1-2-10(9-12)15-5-7-16(8-6-15)19(17,18)11-3-4-13-14-11/h3-4,10H,2,5-9,12H2,1H3,(H,13,14). The van der Waals surface area contributed by atoms with E-state index in [0.717, 1.165) is 19.5 Å². The molecular weight excluding hydrogens is 266 g/mol. The highest BCUT2D eigenvalue weighted by Crippen LogP contribution is 2.16. The fraction of sp³-hybridized carbons (Fsp3) is 0.727. The van der Waals surface area contributed by atoms with Crippen molar-refractivity contribution in [2.24, 2.45) is 5.73 Å². The molecule has 1 atom stereocenters. The summed E-state index contributed by atoms with van der Waals surface area (Å²) >= 11 is 0. The van der Waals surface area contributed by atoms with E-state index in [1.54, 1.807) is 0 Å². The zero-order valence-corrected chi connectivity index (χ0v) is 11.9. The van der Waals surface area contributed by atoms with Gasteiger partial charge in [-0.25, -0.2) is 8.42 Å². The quantitative estimate of drug-likeness (QED) is 0.758. The molecule has 19 heavy (non-hydrogen) atoms. The van der Waals surface area contributed by atoms with Crippen LogP contribution in [-0.4, -0.2) is 66.6 Å². The number of H-pyrrole nitrogens is 1. The number of hydrogen-bond donors (Lipinski definition) is 2. The van der Waals surface area contributed by atoms with Crippen molar-refractivity contribution >= 4 is 10.0 Å². The zero-order valence-electron chi connectivity index (χ0n) is 11.1. The van der Waals surface area contributed by atoms with Crippen LogP contribution in [0.2, 0.25) is 0 Å². The average molecular weight is 287 g/mol. The molecule has 7 nitrogen and oxygen atoms in total. The number of sulfonamides is 1. The predicted octanol–water partition coefficient (Wildman–Crippen LogP) is -0.547. The maximum atomic E-state index is 12.3. The zero-order chi connectivity index (χ0) is 13.9. The van der Waals surface area contributed by atoms with Gasteiger partial charge in [0.2, 0.25) is 0 Å². The molecule has 0 bridgehead atoms. The molecule has 2 rings (SSSR count). The van der Waals surface area contributed by atoms with Gasteiger partial charge in [0, 0.05) is 38.8 Å². The molecule has 1 aliphatic heterocycles. The van der Waals surface area contributed by atoms with E-state index in [1.165, 1.54) is 16.6 Å². The van der Waals surface area contributed by atoms with Crippen molar-refractivity contribution < 1.29 is 8.42 Å². The third kappa shape index (κ3) is 2.97. The summed E-state index contributed by atoms with van der Waals surface area (Å²) in [5, 5.41) is 6.37. The maximum absolute atomic E-state index is 12.3. The second-order valence-electron chi connectivity index (χ2n) is 4.66. The molecule has 1 aromatic rings. The Morgan fingerprint density at radius 1 is 1.42 bits per heavy atom. The Labute approximate surface area is 113 Å². The predicted molar refractivity (Wildman–Crippen MR) is 72.1 cm³/mol. The number of piperazine rings is 1. The molecule has 0 amide bonds. The third-order valence-electron chi connectivity index (χ3n) is 3.63. The molecule has 3 N–H and O–H groups in total. The van der Waals surface area contributed by atoms with Crippen LogP contribution in [0.3, 0.4) is 0 Å². The molecular formula is C11H21N5O2S. The monoisotopic (exact) mass is 287 g/mol. The lowest BCUT2D eigenvalue weighted by Crippen LogP contribution is -2.53. The number of aromatic nitrogens is 2. The Bertz CT molecular complexity index is 475. The van der Waals surface area contributed by atoms with Crippen molar-refractivity contribution in [1.29, 1.82) is 0 Å². The van der Waals surface area contributed by atoms with Gasteiger partial charge in [0.25, 0.3) is 10.0 Å². The van der Waals surface area contributed by atoms with Gasteiger partial charge in [-0.3, -0.25) is 10.00 Å². The Morgan fingerprint density at radius 2 is 2.11 bits per heavy atom. The van der Waals surface area contributed by atoms with Gasteiger partial charge in [-0.15, -0.1) is 0 Å². The summed E-state index contributed by atoms with van der Waals surface area (Å²) in [4.78, 5) is 2.26. The van der Waals surface area contributed by atoms with Crippen LogP contribution in [-0.2, 0) is 10.0 Å². The third-order valence-corrected chi connectivity index (χ3v) is 5.45. The molecule has 1 aliphatic rings. The molecule has 0 spiro atoms. The normalized spacial score (nSPS) is 20.5. The summed E-state index contributed by atoms with van der Waals surface area (Å²) in [6.07, 6.45) is 2.44. The van der Waals surface area contributed by atoms with Crippen LogP contribution in [0.4, 0.5) is 0 Å². The van der Waals surface area contributed by atoms with Crippen LogP contribution in [0.15, 0.2) is 17.3 Å². The summed E-state index contributed by atoms with van der Waals surface area (Å²) in [7, 11) is -3.42. The minimum Gasteiger partial charge on any atom is -0.329 e. The Morgan fingerprint density at radius 3 is 2.58 bits per heavy atom. The number of nitrogens with two attached hydrogens (primary N) is 1. The first kappa shape index (κ1) is 14.4. The molecule has 1 unspecified atom stereocenters. The van der Waals surface area contributed by atoms with Crippen molar-refractivity contribution in [2.75, 3.05) is 32.7 Å². The number of rotatable bonds is 5. The van der Waals surface area contributed by atoms with Crippen LogP contribution in [0, 0.1) is 0 Å². The van der Waals surface area contributed by atoms with E-state index in [4.69, 9.17) is 5.73 Å². The van der Waals surface area contributed by atoms with Gasteiger partial charge in [-0.2, -0.15) is 9.40 Å². The van der Waals surface area contributed by atoms with Gasteiger partial charge in [0.1, 0.15) is 0 Å². The first-order valence-corrected chi connectivity index (χ1v) is 7.97. The van der Waals surface area contributed by atoms with Gasteiger partial charge in [-0.1, -0.05) is 6.92 Å². The number of nitrogens with one attached hydrogen (secondary N) is 1. The van der Waals surface area contributed by atoms with Crippen molar-refractivity contribution in [3.8, 4) is 0 Å². The van der Waals surface area contributed by atoms with Crippen molar-refractivity contribution in [3.05, 3.63) is 12.3 Å². The van der Waals surface area contributed by atoms with E-state index in [2.05, 4.69) is 22.0 Å². The minimum atomic E-state index is -3.42. The van der Waals surface area contributed by atoms with Crippen molar-refractivity contribution in [2.45, 2.75) is 24.4 Å². The first-order chi connectivity index (χ1) is 9.09. The average Bonchev–Trinajstić information content (AvgIpc) is 2.95. The maximum Gasteiger partial charge on any atom is 0.260 e. The second-order valence-corrected chi connectivity index (χ2v) is 6.57. The highest BCUT2D eigenvalue weighted by atomic mass is 32.2. The number of aromatic amines is 1. The molecule has 2 heterocycles. The Hall–Kier alpha value is -0.960. The van der Waals surface area contributed by atoms with Crippen LogP contribution in [0.5, 0.6) is 0 Å². The van der Waals surface area contributed by atoms with Crippen LogP contribution in [0.1, 0.15) is 13.3 Å². The lowest BCUT2D eigenvalue weighted by atomic mass is 10.1. The van der Waals surface area contributed by atoms with Gasteiger partial charge >= 0.3 is 0 Å². The Balaban J connectivity index is 2.01. The largest absolute Gasteiger partial charge is 0.329 e. The summed E-state index contributed by atoms with van der Waals surface area (Å²) in [6.45, 7) is 5.16. The fourth-order valence-corrected chi connectivity index (χ4v) is 3.73. The van der Waals surface area contributed by atoms with Crippen molar-refractivity contribution in [1.82, 2.24) is 19.4 Å². The Kier molecular flexibility index (Phi) is 4.56. The molecule has 0 saturated carbocycles. The summed E-state index contributed by atoms with van der Waals surface area (Å²) in [5.41, 5.74) is 5.72. The molecule has 1 aromatic heterocycles. The molecule has 1 saturated heterocycles. The number of nitrogens with zero attached hydrogens (tertiary/aromatic N) is 3. The minimum absolute atomic E-state index is 0.159. The van der Waals surface area contributed by atoms with Crippen molar-refractivity contribution in [3.63, 3.8) is 0 Å². The van der Waals surface area contributed by atoms with Gasteiger partial charge in [-0.05, 0) is 12.5 Å². The first-order valence-electron chi connectivity index (χ1n) is 6.53. The summed E-state index contributed by atoms with van der Waals surface area (Å²) in [6, 6.07) is 1.83. The van der Waals surface area contributed by atoms with Crippen LogP contribution < -0.4 is 5.73 Å². The smallest absolute Gasteiger partial charge is 0.260 e. The highest BCUT2D eigenvalue weighted by Gasteiger charge is 2.30. The van der Waals surface area contributed by atoms with Gasteiger partial charge < -0.3 is 5.73 Å². The molecule has 108 valence electrons. The van der Waals surface area contributed by atoms with Crippen LogP contribution in [0.25, 0.3) is 0 Å². The van der Waals surface area contributed by atoms with Gasteiger partial charge in [0.05, 0.1) is 6.20 Å². The SMILES string of the molecule is CCC(CN)N1CCN(S(=O)(=O)c2ccn[nH]2)CC1. The molecule has 0 aliphatic carbocycles. The summed E-state index contributed by atoms with van der Waals surface area (Å²) in [5.74, 6) is 0. The highest BCUT2D eigenvalue weighted by molar-refractivity contribution is 7.89. The van der Waals surface area contributed by atoms with Gasteiger partial charge in [0.15, 0.2) is 5.03 Å². The topological polar surface area (TPSA) is 95.3 Å². The van der Waals surface area contributed by atoms with E-state index in [9.17, 15) is 8.42 Å². The lowest BCUT2D eigenvalue weighted by Gasteiger charge is -2.37. The second kappa shape index (κ2) is 6.00. The number of hydrogen-bond acceptors (Lipinski definition) is 5. The van der Waals surface area contributed by atoms with E-state index >= 15 is 0 Å². The lowest BCUT2D eigenvalue weighted by molar-refractivity contribution is 0.137. The van der Waals surface area contributed by atoms with Crippen LogP contribution >= 0.6 is 0 Å². The van der Waals surface area contributed by atoms with E-state index < -0.39 is 10.0 Å². The van der Waals surface area contributed by atoms with E-state index in [0.29, 0.717) is 25.7 Å². The molecule has 0 aromatic carbocycles. The molecule has 0 radical (unpaired) electrons. The van der Waals surface area contributed by atoms with E-state index in [-0.39, 0.29) is 5.03 Å². The molecule has 1 fully saturated rings. The fourth-order valence-electron chi connectivity index (χ4n) is 2.41.